The lowest BCUT2D eigenvalue weighted by Crippen LogP contribution is -2.08. The number of amides is 1. The van der Waals surface area contributed by atoms with E-state index in [1.165, 1.54) is 6.08 Å². The maximum atomic E-state index is 12.1. The molecule has 1 N–H and O–H groups in total. The fraction of sp³-hybridized carbons (Fsp3) is 0.200. The van der Waals surface area contributed by atoms with Crippen molar-refractivity contribution in [1.82, 2.24) is 0 Å². The van der Waals surface area contributed by atoms with Gasteiger partial charge in [0.15, 0.2) is 11.5 Å². The second-order valence-corrected chi connectivity index (χ2v) is 5.57. The molecule has 6 nitrogen and oxygen atoms in total. The first-order valence-corrected chi connectivity index (χ1v) is 8.23. The summed E-state index contributed by atoms with van der Waals surface area (Å²) in [5, 5.41) is 11.3. The molecule has 132 valence electrons. The summed E-state index contributed by atoms with van der Waals surface area (Å²) < 4.78 is 16.1. The van der Waals surface area contributed by atoms with Crippen LogP contribution in [0, 0.1) is 11.3 Å². The zero-order valence-electron chi connectivity index (χ0n) is 14.1. The van der Waals surface area contributed by atoms with Gasteiger partial charge in [-0.05, 0) is 42.3 Å². The third-order valence-corrected chi connectivity index (χ3v) is 3.63. The Kier molecular flexibility index (Phi) is 5.73. The number of hydrogen-bond donors (Lipinski definition) is 1. The van der Waals surface area contributed by atoms with Gasteiger partial charge in [-0.15, -0.1) is 0 Å². The van der Waals surface area contributed by atoms with Gasteiger partial charge in [0, 0.05) is 24.3 Å². The van der Waals surface area contributed by atoms with Crippen LogP contribution in [0.15, 0.2) is 48.5 Å². The summed E-state index contributed by atoms with van der Waals surface area (Å²) in [6, 6.07) is 14.7. The van der Waals surface area contributed by atoms with Crippen molar-refractivity contribution in [3.05, 3.63) is 54.1 Å². The first kappa shape index (κ1) is 17.4. The van der Waals surface area contributed by atoms with Crippen molar-refractivity contribution in [2.45, 2.75) is 12.8 Å². The maximum absolute atomic E-state index is 12.1. The summed E-state index contributed by atoms with van der Waals surface area (Å²) in [5.41, 5.74) is 1.49. The SMILES string of the molecule is N#CCCCOc1cccc(NC(=O)/C=C/c2ccc3c(c2)OCO3)c1. The number of carbonyl (C=O) groups is 1. The Morgan fingerprint density at radius 1 is 1.23 bits per heavy atom. The minimum absolute atomic E-state index is 0.220. The van der Waals surface area contributed by atoms with E-state index in [9.17, 15) is 4.79 Å². The highest BCUT2D eigenvalue weighted by Crippen LogP contribution is 2.32. The summed E-state index contributed by atoms with van der Waals surface area (Å²) in [5.74, 6) is 1.79. The van der Waals surface area contributed by atoms with Gasteiger partial charge in [-0.3, -0.25) is 4.79 Å². The molecule has 1 aliphatic rings. The quantitative estimate of drug-likeness (QED) is 0.607. The van der Waals surface area contributed by atoms with E-state index in [-0.39, 0.29) is 12.7 Å². The van der Waals surface area contributed by atoms with Crippen molar-refractivity contribution < 1.29 is 19.0 Å². The number of nitriles is 1. The van der Waals surface area contributed by atoms with Crippen LogP contribution in [0.1, 0.15) is 18.4 Å². The summed E-state index contributed by atoms with van der Waals surface area (Å²) in [4.78, 5) is 12.1. The number of benzene rings is 2. The Balaban J connectivity index is 1.55. The Labute approximate surface area is 151 Å². The minimum atomic E-state index is -0.246. The number of carbonyl (C=O) groups excluding carboxylic acids is 1. The Hall–Kier alpha value is -3.46. The fourth-order valence-corrected chi connectivity index (χ4v) is 2.38. The number of unbranched alkanes of at least 4 members (excludes halogenated alkanes) is 1. The summed E-state index contributed by atoms with van der Waals surface area (Å²) >= 11 is 0. The normalized spacial score (nSPS) is 12.0. The molecule has 26 heavy (non-hydrogen) atoms. The van der Waals surface area contributed by atoms with Gasteiger partial charge in [0.25, 0.3) is 0 Å². The van der Waals surface area contributed by atoms with Gasteiger partial charge in [0.05, 0.1) is 12.7 Å². The van der Waals surface area contributed by atoms with Crippen molar-refractivity contribution in [1.29, 1.82) is 5.26 Å². The lowest BCUT2D eigenvalue weighted by Gasteiger charge is -2.07. The molecule has 3 rings (SSSR count). The second-order valence-electron chi connectivity index (χ2n) is 5.57. The molecule has 0 unspecified atom stereocenters. The van der Waals surface area contributed by atoms with Gasteiger partial charge in [0.1, 0.15) is 5.75 Å². The molecule has 0 aliphatic carbocycles. The average Bonchev–Trinajstić information content (AvgIpc) is 3.12. The monoisotopic (exact) mass is 350 g/mol. The molecule has 0 radical (unpaired) electrons. The van der Waals surface area contributed by atoms with E-state index in [1.807, 2.05) is 24.3 Å². The van der Waals surface area contributed by atoms with E-state index in [2.05, 4.69) is 11.4 Å². The molecular weight excluding hydrogens is 332 g/mol. The number of nitrogens with one attached hydrogen (secondary N) is 1. The molecule has 0 bridgehead atoms. The van der Waals surface area contributed by atoms with Crippen LogP contribution in [0.2, 0.25) is 0 Å². The number of nitrogens with zero attached hydrogens (tertiary/aromatic N) is 1. The van der Waals surface area contributed by atoms with Crippen molar-refractivity contribution in [3.63, 3.8) is 0 Å². The van der Waals surface area contributed by atoms with E-state index >= 15 is 0 Å². The summed E-state index contributed by atoms with van der Waals surface area (Å²) in [6.45, 7) is 0.687. The van der Waals surface area contributed by atoms with Crippen molar-refractivity contribution >= 4 is 17.7 Å². The molecule has 2 aromatic rings. The molecule has 1 aliphatic heterocycles. The Bertz CT molecular complexity index is 855. The van der Waals surface area contributed by atoms with E-state index in [1.54, 1.807) is 24.3 Å². The van der Waals surface area contributed by atoms with Gasteiger partial charge in [0.2, 0.25) is 12.7 Å². The molecule has 0 saturated heterocycles. The topological polar surface area (TPSA) is 80.6 Å². The number of ether oxygens (including phenoxy) is 3. The summed E-state index contributed by atoms with van der Waals surface area (Å²) in [6.07, 6.45) is 4.30. The smallest absolute Gasteiger partial charge is 0.248 e. The highest BCUT2D eigenvalue weighted by Gasteiger charge is 2.12. The van der Waals surface area contributed by atoms with Crippen LogP contribution in [-0.2, 0) is 4.79 Å². The van der Waals surface area contributed by atoms with Gasteiger partial charge >= 0.3 is 0 Å². The largest absolute Gasteiger partial charge is 0.493 e. The van der Waals surface area contributed by atoms with Crippen LogP contribution in [0.4, 0.5) is 5.69 Å². The predicted octanol–water partition coefficient (Wildman–Crippen LogP) is 3.75. The molecule has 0 atom stereocenters. The molecule has 0 spiro atoms. The number of fused-ring (bicyclic) bond motifs is 1. The maximum Gasteiger partial charge on any atom is 0.248 e. The standard InChI is InChI=1S/C20H18N2O4/c21-10-1-2-11-24-17-5-3-4-16(13-17)22-20(23)9-7-15-6-8-18-19(12-15)26-14-25-18/h3-9,12-13H,1-2,11,14H2,(H,22,23)/b9-7+. The minimum Gasteiger partial charge on any atom is -0.493 e. The van der Waals surface area contributed by atoms with E-state index in [0.717, 1.165) is 5.56 Å². The van der Waals surface area contributed by atoms with Crippen LogP contribution in [0.5, 0.6) is 17.2 Å². The van der Waals surface area contributed by atoms with Crippen molar-refractivity contribution in [3.8, 4) is 23.3 Å². The van der Waals surface area contributed by atoms with Gasteiger partial charge in [-0.2, -0.15) is 5.26 Å². The molecule has 0 saturated carbocycles. The van der Waals surface area contributed by atoms with E-state index in [4.69, 9.17) is 19.5 Å². The molecule has 0 fully saturated rings. The van der Waals surface area contributed by atoms with E-state index < -0.39 is 0 Å². The highest BCUT2D eigenvalue weighted by atomic mass is 16.7. The highest BCUT2D eigenvalue weighted by molar-refractivity contribution is 6.02. The zero-order valence-corrected chi connectivity index (χ0v) is 14.1. The van der Waals surface area contributed by atoms with Gasteiger partial charge in [-0.1, -0.05) is 12.1 Å². The molecular formula is C20H18N2O4. The fourth-order valence-electron chi connectivity index (χ4n) is 2.38. The molecule has 1 heterocycles. The third-order valence-electron chi connectivity index (χ3n) is 3.63. The van der Waals surface area contributed by atoms with Crippen LogP contribution in [-0.4, -0.2) is 19.3 Å². The van der Waals surface area contributed by atoms with Crippen LogP contribution in [0.3, 0.4) is 0 Å². The Morgan fingerprint density at radius 3 is 3.00 bits per heavy atom. The first-order valence-electron chi connectivity index (χ1n) is 8.23. The lowest BCUT2D eigenvalue weighted by molar-refractivity contribution is -0.111. The number of rotatable bonds is 7. The van der Waals surface area contributed by atoms with Crippen LogP contribution < -0.4 is 19.5 Å². The molecule has 6 heteroatoms. The Morgan fingerprint density at radius 2 is 2.12 bits per heavy atom. The summed E-state index contributed by atoms with van der Waals surface area (Å²) in [7, 11) is 0. The third kappa shape index (κ3) is 4.77. The first-order chi connectivity index (χ1) is 12.7. The number of hydrogen-bond acceptors (Lipinski definition) is 5. The van der Waals surface area contributed by atoms with Crippen molar-refractivity contribution in [2.75, 3.05) is 18.7 Å². The zero-order chi connectivity index (χ0) is 18.2. The number of anilines is 1. The predicted molar refractivity (Wildman–Crippen MR) is 97.0 cm³/mol. The molecule has 1 amide bonds. The van der Waals surface area contributed by atoms with E-state index in [0.29, 0.717) is 42.4 Å². The van der Waals surface area contributed by atoms with Gasteiger partial charge < -0.3 is 19.5 Å². The second kappa shape index (κ2) is 8.58. The van der Waals surface area contributed by atoms with Crippen LogP contribution >= 0.6 is 0 Å². The van der Waals surface area contributed by atoms with Crippen LogP contribution in [0.25, 0.3) is 6.08 Å². The molecule has 0 aromatic heterocycles. The van der Waals surface area contributed by atoms with Crippen molar-refractivity contribution in [2.24, 2.45) is 0 Å². The average molecular weight is 350 g/mol. The van der Waals surface area contributed by atoms with Gasteiger partial charge in [-0.25, -0.2) is 0 Å². The molecule has 2 aromatic carbocycles. The lowest BCUT2D eigenvalue weighted by atomic mass is 10.2.